The lowest BCUT2D eigenvalue weighted by Gasteiger charge is -2.14. The normalized spacial score (nSPS) is 10.5. The van der Waals surface area contributed by atoms with E-state index in [2.05, 4.69) is 22.2 Å². The smallest absolute Gasteiger partial charge is 0.337 e. The molecule has 0 bridgehead atoms. The number of guanidine groups is 1. The fourth-order valence-electron chi connectivity index (χ4n) is 2.59. The zero-order valence-corrected chi connectivity index (χ0v) is 19.1. The molecule has 0 atom stereocenters. The zero-order chi connectivity index (χ0) is 20.2. The summed E-state index contributed by atoms with van der Waals surface area (Å²) in [6.07, 6.45) is 2.53. The van der Waals surface area contributed by atoms with E-state index >= 15 is 0 Å². The maximum absolute atomic E-state index is 11.5. The number of benzene rings is 2. The molecule has 0 radical (unpaired) electrons. The number of nitrogens with one attached hydrogen (secondary N) is 2. The molecular weight excluding hydrogens is 481 g/mol. The summed E-state index contributed by atoms with van der Waals surface area (Å²) in [6.45, 7) is 5.46. The molecule has 6 nitrogen and oxygen atoms in total. The van der Waals surface area contributed by atoms with Gasteiger partial charge in [0.05, 0.1) is 12.7 Å². The van der Waals surface area contributed by atoms with Crippen molar-refractivity contribution >= 4 is 35.9 Å². The standard InChI is InChI=1S/C22H27N3O3.HI/c1-4-15-28-20-8-6-5-7-19(20)16-25-22(23-2)24-14-13-17-9-11-18(12-10-17)21(26)27-3;/h4-12H,1,13-16H2,2-3H3,(H2,23,24,25);1H. The fraction of sp³-hybridized carbons (Fsp3) is 0.273. The maximum Gasteiger partial charge on any atom is 0.337 e. The molecule has 0 saturated heterocycles. The van der Waals surface area contributed by atoms with Gasteiger partial charge in [0, 0.05) is 25.7 Å². The number of nitrogens with zero attached hydrogens (tertiary/aromatic N) is 1. The first-order valence-electron chi connectivity index (χ1n) is 9.11. The molecule has 0 spiro atoms. The van der Waals surface area contributed by atoms with Gasteiger partial charge in [0.1, 0.15) is 12.4 Å². The van der Waals surface area contributed by atoms with E-state index < -0.39 is 0 Å². The third-order valence-corrected chi connectivity index (χ3v) is 4.08. The lowest BCUT2D eigenvalue weighted by Crippen LogP contribution is -2.37. The Balaban J connectivity index is 0.00000420. The van der Waals surface area contributed by atoms with Crippen LogP contribution in [0.2, 0.25) is 0 Å². The summed E-state index contributed by atoms with van der Waals surface area (Å²) in [5, 5.41) is 6.58. The van der Waals surface area contributed by atoms with Crippen molar-refractivity contribution in [2.24, 2.45) is 4.99 Å². The first kappa shape index (κ1) is 24.5. The van der Waals surface area contributed by atoms with Crippen LogP contribution in [0.3, 0.4) is 0 Å². The number of para-hydroxylation sites is 1. The predicted octanol–water partition coefficient (Wildman–Crippen LogP) is 3.56. The molecule has 0 aliphatic rings. The van der Waals surface area contributed by atoms with Crippen LogP contribution in [0.4, 0.5) is 0 Å². The molecule has 0 saturated carbocycles. The van der Waals surface area contributed by atoms with Crippen LogP contribution in [0.1, 0.15) is 21.5 Å². The van der Waals surface area contributed by atoms with Crippen LogP contribution in [-0.4, -0.2) is 39.2 Å². The van der Waals surface area contributed by atoms with Crippen LogP contribution in [0.15, 0.2) is 66.2 Å². The van der Waals surface area contributed by atoms with Crippen molar-refractivity contribution in [3.63, 3.8) is 0 Å². The van der Waals surface area contributed by atoms with Crippen LogP contribution >= 0.6 is 24.0 Å². The first-order valence-corrected chi connectivity index (χ1v) is 9.11. The minimum Gasteiger partial charge on any atom is -0.489 e. The topological polar surface area (TPSA) is 72.0 Å². The Bertz CT molecular complexity index is 807. The van der Waals surface area contributed by atoms with E-state index in [-0.39, 0.29) is 29.9 Å². The fourth-order valence-corrected chi connectivity index (χ4v) is 2.59. The van der Waals surface area contributed by atoms with Gasteiger partial charge >= 0.3 is 5.97 Å². The molecule has 0 aliphatic heterocycles. The predicted molar refractivity (Wildman–Crippen MR) is 127 cm³/mol. The number of rotatable bonds is 9. The number of hydrogen-bond acceptors (Lipinski definition) is 4. The van der Waals surface area contributed by atoms with Gasteiger partial charge in [0.25, 0.3) is 0 Å². The number of hydrogen-bond donors (Lipinski definition) is 2. The molecule has 2 rings (SSSR count). The monoisotopic (exact) mass is 509 g/mol. The molecule has 0 aliphatic carbocycles. The van der Waals surface area contributed by atoms with Crippen molar-refractivity contribution in [3.05, 3.63) is 77.9 Å². The number of carbonyl (C=O) groups excluding carboxylic acids is 1. The van der Waals surface area contributed by atoms with Gasteiger partial charge in [0.15, 0.2) is 5.96 Å². The van der Waals surface area contributed by atoms with E-state index in [9.17, 15) is 4.79 Å². The van der Waals surface area contributed by atoms with Crippen molar-refractivity contribution in [2.45, 2.75) is 13.0 Å². The van der Waals surface area contributed by atoms with E-state index in [0.717, 1.165) is 23.3 Å². The van der Waals surface area contributed by atoms with Crippen molar-refractivity contribution in [2.75, 3.05) is 27.3 Å². The summed E-state index contributed by atoms with van der Waals surface area (Å²) in [7, 11) is 3.11. The van der Waals surface area contributed by atoms with Gasteiger partial charge in [-0.25, -0.2) is 4.79 Å². The van der Waals surface area contributed by atoms with Crippen LogP contribution in [0.5, 0.6) is 5.75 Å². The number of halogens is 1. The van der Waals surface area contributed by atoms with Crippen molar-refractivity contribution < 1.29 is 14.3 Å². The average Bonchev–Trinajstić information content (AvgIpc) is 2.75. The lowest BCUT2D eigenvalue weighted by molar-refractivity contribution is 0.0600. The van der Waals surface area contributed by atoms with Crippen LogP contribution in [0, 0.1) is 0 Å². The molecule has 2 aromatic carbocycles. The highest BCUT2D eigenvalue weighted by molar-refractivity contribution is 14.0. The largest absolute Gasteiger partial charge is 0.489 e. The maximum atomic E-state index is 11.5. The van der Waals surface area contributed by atoms with Crippen LogP contribution < -0.4 is 15.4 Å². The third-order valence-electron chi connectivity index (χ3n) is 4.08. The molecule has 0 aromatic heterocycles. The highest BCUT2D eigenvalue weighted by Crippen LogP contribution is 2.17. The second kappa shape index (κ2) is 13.6. The molecule has 2 N–H and O–H groups in total. The van der Waals surface area contributed by atoms with Crippen LogP contribution in [-0.2, 0) is 17.7 Å². The van der Waals surface area contributed by atoms with Crippen LogP contribution in [0.25, 0.3) is 0 Å². The Hall–Kier alpha value is -2.55. The summed E-state index contributed by atoms with van der Waals surface area (Å²) in [5.74, 6) is 1.22. The first-order chi connectivity index (χ1) is 13.7. The summed E-state index contributed by atoms with van der Waals surface area (Å²) in [4.78, 5) is 15.7. The SMILES string of the molecule is C=CCOc1ccccc1CNC(=NC)NCCc1ccc(C(=O)OC)cc1.I. The molecule has 2 aromatic rings. The second-order valence-electron chi connectivity index (χ2n) is 6.00. The van der Waals surface area contributed by atoms with Crippen molar-refractivity contribution in [3.8, 4) is 5.75 Å². The summed E-state index contributed by atoms with van der Waals surface area (Å²) in [6, 6.07) is 15.3. The average molecular weight is 509 g/mol. The Kier molecular flexibility index (Phi) is 11.5. The lowest BCUT2D eigenvalue weighted by atomic mass is 10.1. The van der Waals surface area contributed by atoms with E-state index in [4.69, 9.17) is 9.47 Å². The quantitative estimate of drug-likeness (QED) is 0.178. The Morgan fingerprint density at radius 2 is 1.86 bits per heavy atom. The Morgan fingerprint density at radius 1 is 1.14 bits per heavy atom. The van der Waals surface area contributed by atoms with Gasteiger partial charge in [-0.05, 0) is 30.2 Å². The number of methoxy groups -OCH3 is 1. The zero-order valence-electron chi connectivity index (χ0n) is 16.8. The number of carbonyl (C=O) groups is 1. The third kappa shape index (κ3) is 8.15. The molecule has 7 heteroatoms. The van der Waals surface area contributed by atoms with Gasteiger partial charge in [-0.2, -0.15) is 0 Å². The summed E-state index contributed by atoms with van der Waals surface area (Å²) >= 11 is 0. The van der Waals surface area contributed by atoms with E-state index in [0.29, 0.717) is 31.2 Å². The Morgan fingerprint density at radius 3 is 2.52 bits per heavy atom. The molecule has 0 amide bonds. The molecule has 0 unspecified atom stereocenters. The molecule has 156 valence electrons. The Labute approximate surface area is 189 Å². The highest BCUT2D eigenvalue weighted by Gasteiger charge is 2.06. The molecule has 0 heterocycles. The molecule has 0 fully saturated rings. The minimum absolute atomic E-state index is 0. The number of aliphatic imine (C=N–C) groups is 1. The van der Waals surface area contributed by atoms with Gasteiger partial charge in [-0.3, -0.25) is 4.99 Å². The van der Waals surface area contributed by atoms with E-state index in [1.807, 2.05) is 36.4 Å². The minimum atomic E-state index is -0.327. The second-order valence-corrected chi connectivity index (χ2v) is 6.00. The van der Waals surface area contributed by atoms with Crippen molar-refractivity contribution in [1.82, 2.24) is 10.6 Å². The van der Waals surface area contributed by atoms with Gasteiger partial charge in [-0.1, -0.05) is 43.0 Å². The van der Waals surface area contributed by atoms with E-state index in [1.165, 1.54) is 7.11 Å². The van der Waals surface area contributed by atoms with Gasteiger partial charge in [0.2, 0.25) is 0 Å². The number of esters is 1. The molecule has 29 heavy (non-hydrogen) atoms. The van der Waals surface area contributed by atoms with E-state index in [1.54, 1.807) is 25.3 Å². The summed E-state index contributed by atoms with van der Waals surface area (Å²) < 4.78 is 10.4. The van der Waals surface area contributed by atoms with Gasteiger partial charge < -0.3 is 20.1 Å². The molecular formula is C22H28IN3O3. The van der Waals surface area contributed by atoms with Gasteiger partial charge in [-0.15, -0.1) is 24.0 Å². The number of ether oxygens (including phenoxy) is 2. The summed E-state index contributed by atoms with van der Waals surface area (Å²) in [5.41, 5.74) is 2.72. The van der Waals surface area contributed by atoms with Crippen molar-refractivity contribution in [1.29, 1.82) is 0 Å². The highest BCUT2D eigenvalue weighted by atomic mass is 127.